The molecule has 0 aliphatic carbocycles. The average Bonchev–Trinajstić information content (AvgIpc) is 2.90. The molecule has 0 aliphatic heterocycles. The standard InChI is InChI=1S/C14H16N2O2/c1-2-15-14(17)12-4-3-5-13(8-12)16-9-11-6-7-18-10-11/h3-8,10,16H,2,9H2,1H3,(H,15,17). The zero-order chi connectivity index (χ0) is 12.8. The highest BCUT2D eigenvalue weighted by Gasteiger charge is 2.04. The summed E-state index contributed by atoms with van der Waals surface area (Å²) in [5.41, 5.74) is 2.65. The van der Waals surface area contributed by atoms with Gasteiger partial charge in [-0.1, -0.05) is 6.07 Å². The molecule has 4 heteroatoms. The predicted molar refractivity (Wildman–Crippen MR) is 70.5 cm³/mol. The van der Waals surface area contributed by atoms with Gasteiger partial charge in [-0.2, -0.15) is 0 Å². The maximum absolute atomic E-state index is 11.7. The molecule has 0 aliphatic rings. The van der Waals surface area contributed by atoms with Crippen LogP contribution in [0.5, 0.6) is 0 Å². The lowest BCUT2D eigenvalue weighted by Crippen LogP contribution is -2.22. The third-order valence-electron chi connectivity index (χ3n) is 2.54. The van der Waals surface area contributed by atoms with Crippen molar-refractivity contribution in [2.75, 3.05) is 11.9 Å². The molecule has 0 atom stereocenters. The van der Waals surface area contributed by atoms with Crippen molar-refractivity contribution in [2.24, 2.45) is 0 Å². The van der Waals surface area contributed by atoms with Gasteiger partial charge in [0.15, 0.2) is 0 Å². The fourth-order valence-corrected chi connectivity index (χ4v) is 1.63. The van der Waals surface area contributed by atoms with E-state index in [4.69, 9.17) is 4.42 Å². The maximum Gasteiger partial charge on any atom is 0.251 e. The van der Waals surface area contributed by atoms with Crippen molar-refractivity contribution >= 4 is 11.6 Å². The number of anilines is 1. The number of amides is 1. The topological polar surface area (TPSA) is 54.3 Å². The van der Waals surface area contributed by atoms with Gasteiger partial charge < -0.3 is 15.1 Å². The molecule has 0 saturated heterocycles. The van der Waals surface area contributed by atoms with Gasteiger partial charge in [0.25, 0.3) is 5.91 Å². The normalized spacial score (nSPS) is 10.1. The Kier molecular flexibility index (Phi) is 4.02. The SMILES string of the molecule is CCNC(=O)c1cccc(NCc2ccoc2)c1. The van der Waals surface area contributed by atoms with E-state index in [1.165, 1.54) is 0 Å². The van der Waals surface area contributed by atoms with Gasteiger partial charge in [-0.3, -0.25) is 4.79 Å². The van der Waals surface area contributed by atoms with Crippen LogP contribution in [0.2, 0.25) is 0 Å². The van der Waals surface area contributed by atoms with Crippen molar-refractivity contribution in [3.8, 4) is 0 Å². The Hall–Kier alpha value is -2.23. The van der Waals surface area contributed by atoms with Crippen LogP contribution in [0.4, 0.5) is 5.69 Å². The van der Waals surface area contributed by atoms with Gasteiger partial charge in [0.1, 0.15) is 0 Å². The number of carbonyl (C=O) groups is 1. The Labute approximate surface area is 106 Å². The fourth-order valence-electron chi connectivity index (χ4n) is 1.63. The highest BCUT2D eigenvalue weighted by molar-refractivity contribution is 5.95. The van der Waals surface area contributed by atoms with Crippen molar-refractivity contribution in [2.45, 2.75) is 13.5 Å². The summed E-state index contributed by atoms with van der Waals surface area (Å²) in [6.45, 7) is 3.21. The van der Waals surface area contributed by atoms with Crippen molar-refractivity contribution < 1.29 is 9.21 Å². The van der Waals surface area contributed by atoms with Gasteiger partial charge in [-0.25, -0.2) is 0 Å². The Morgan fingerprint density at radius 3 is 2.94 bits per heavy atom. The molecule has 18 heavy (non-hydrogen) atoms. The van der Waals surface area contributed by atoms with Gasteiger partial charge >= 0.3 is 0 Å². The number of hydrogen-bond acceptors (Lipinski definition) is 3. The average molecular weight is 244 g/mol. The van der Waals surface area contributed by atoms with Crippen molar-refractivity contribution in [3.63, 3.8) is 0 Å². The third kappa shape index (κ3) is 3.13. The number of carbonyl (C=O) groups excluding carboxylic acids is 1. The van der Waals surface area contributed by atoms with E-state index in [0.29, 0.717) is 18.7 Å². The number of nitrogens with one attached hydrogen (secondary N) is 2. The summed E-state index contributed by atoms with van der Waals surface area (Å²) >= 11 is 0. The summed E-state index contributed by atoms with van der Waals surface area (Å²) in [4.78, 5) is 11.7. The van der Waals surface area contributed by atoms with Crippen LogP contribution in [0, 0.1) is 0 Å². The summed E-state index contributed by atoms with van der Waals surface area (Å²) in [6.07, 6.45) is 3.34. The molecule has 0 saturated carbocycles. The van der Waals surface area contributed by atoms with Crippen LogP contribution >= 0.6 is 0 Å². The van der Waals surface area contributed by atoms with E-state index in [0.717, 1.165) is 11.3 Å². The molecular weight excluding hydrogens is 228 g/mol. The van der Waals surface area contributed by atoms with Crippen molar-refractivity contribution in [1.29, 1.82) is 0 Å². The molecule has 0 bridgehead atoms. The van der Waals surface area contributed by atoms with E-state index in [1.54, 1.807) is 18.6 Å². The lowest BCUT2D eigenvalue weighted by Gasteiger charge is -2.07. The van der Waals surface area contributed by atoms with E-state index in [9.17, 15) is 4.79 Å². The van der Waals surface area contributed by atoms with E-state index in [1.807, 2.05) is 31.2 Å². The Morgan fingerprint density at radius 1 is 1.33 bits per heavy atom. The Bertz CT molecular complexity index is 506. The highest BCUT2D eigenvalue weighted by Crippen LogP contribution is 2.12. The predicted octanol–water partition coefficient (Wildman–Crippen LogP) is 2.64. The number of rotatable bonds is 5. The molecular formula is C14H16N2O2. The lowest BCUT2D eigenvalue weighted by molar-refractivity contribution is 0.0956. The third-order valence-corrected chi connectivity index (χ3v) is 2.54. The Morgan fingerprint density at radius 2 is 2.22 bits per heavy atom. The van der Waals surface area contributed by atoms with Gasteiger partial charge in [0.2, 0.25) is 0 Å². The van der Waals surface area contributed by atoms with Crippen LogP contribution in [0.15, 0.2) is 47.3 Å². The first-order valence-corrected chi connectivity index (χ1v) is 5.93. The first-order valence-electron chi connectivity index (χ1n) is 5.93. The minimum absolute atomic E-state index is 0.0514. The molecule has 2 rings (SSSR count). The van der Waals surface area contributed by atoms with E-state index in [2.05, 4.69) is 10.6 Å². The second kappa shape index (κ2) is 5.91. The van der Waals surface area contributed by atoms with Crippen LogP contribution in [-0.4, -0.2) is 12.5 Å². The fraction of sp³-hybridized carbons (Fsp3) is 0.214. The van der Waals surface area contributed by atoms with Gasteiger partial charge in [0, 0.05) is 29.9 Å². The molecule has 4 nitrogen and oxygen atoms in total. The van der Waals surface area contributed by atoms with Crippen LogP contribution in [0.25, 0.3) is 0 Å². The molecule has 2 N–H and O–H groups in total. The van der Waals surface area contributed by atoms with E-state index in [-0.39, 0.29) is 5.91 Å². The van der Waals surface area contributed by atoms with Gasteiger partial charge in [-0.15, -0.1) is 0 Å². The maximum atomic E-state index is 11.7. The quantitative estimate of drug-likeness (QED) is 0.850. The number of hydrogen-bond donors (Lipinski definition) is 2. The first-order chi connectivity index (χ1) is 8.79. The molecule has 0 spiro atoms. The van der Waals surface area contributed by atoms with Crippen LogP contribution in [-0.2, 0) is 6.54 Å². The summed E-state index contributed by atoms with van der Waals surface area (Å²) in [5.74, 6) is -0.0514. The van der Waals surface area contributed by atoms with E-state index >= 15 is 0 Å². The smallest absolute Gasteiger partial charge is 0.251 e. The largest absolute Gasteiger partial charge is 0.472 e. The molecule has 1 aromatic heterocycles. The molecule has 0 radical (unpaired) electrons. The minimum atomic E-state index is -0.0514. The van der Waals surface area contributed by atoms with E-state index < -0.39 is 0 Å². The van der Waals surface area contributed by atoms with Crippen LogP contribution in [0.1, 0.15) is 22.8 Å². The summed E-state index contributed by atoms with van der Waals surface area (Å²) in [6, 6.07) is 9.34. The molecule has 1 heterocycles. The van der Waals surface area contributed by atoms with Gasteiger partial charge in [0.05, 0.1) is 12.5 Å². The number of benzene rings is 1. The van der Waals surface area contributed by atoms with Crippen molar-refractivity contribution in [1.82, 2.24) is 5.32 Å². The molecule has 94 valence electrons. The second-order valence-corrected chi connectivity index (χ2v) is 3.93. The summed E-state index contributed by atoms with van der Waals surface area (Å²) in [5, 5.41) is 6.02. The monoisotopic (exact) mass is 244 g/mol. The minimum Gasteiger partial charge on any atom is -0.472 e. The number of furan rings is 1. The molecule has 0 fully saturated rings. The molecule has 1 aromatic carbocycles. The Balaban J connectivity index is 2.01. The zero-order valence-electron chi connectivity index (χ0n) is 10.3. The second-order valence-electron chi connectivity index (χ2n) is 3.93. The van der Waals surface area contributed by atoms with Gasteiger partial charge in [-0.05, 0) is 31.2 Å². The molecule has 1 amide bonds. The molecule has 2 aromatic rings. The van der Waals surface area contributed by atoms with Crippen LogP contribution < -0.4 is 10.6 Å². The van der Waals surface area contributed by atoms with Crippen LogP contribution in [0.3, 0.4) is 0 Å². The van der Waals surface area contributed by atoms with Crippen molar-refractivity contribution in [3.05, 3.63) is 54.0 Å². The zero-order valence-corrected chi connectivity index (χ0v) is 10.3. The lowest BCUT2D eigenvalue weighted by atomic mass is 10.2. The first kappa shape index (κ1) is 12.2. The highest BCUT2D eigenvalue weighted by atomic mass is 16.3. The molecule has 0 unspecified atom stereocenters. The summed E-state index contributed by atoms with van der Waals surface area (Å²) in [7, 11) is 0. The summed E-state index contributed by atoms with van der Waals surface area (Å²) < 4.78 is 4.99.